The minimum atomic E-state index is -2.87. The second kappa shape index (κ2) is 7.47. The van der Waals surface area contributed by atoms with E-state index in [1.54, 1.807) is 0 Å². The third-order valence-electron chi connectivity index (χ3n) is 4.70. The number of rotatable bonds is 6. The van der Waals surface area contributed by atoms with Crippen molar-refractivity contribution in [2.45, 2.75) is 23.8 Å². The van der Waals surface area contributed by atoms with E-state index in [0.717, 1.165) is 28.0 Å². The average molecular weight is 405 g/mol. The summed E-state index contributed by atoms with van der Waals surface area (Å²) in [6.45, 7) is 0. The Hall–Kier alpha value is -2.13. The van der Waals surface area contributed by atoms with E-state index in [4.69, 9.17) is 4.52 Å². The highest BCUT2D eigenvalue weighted by Gasteiger charge is 2.29. The summed E-state index contributed by atoms with van der Waals surface area (Å²) in [5.74, 6) is 2.87. The second-order valence-corrected chi connectivity index (χ2v) is 9.94. The molecule has 0 bridgehead atoms. The molecular weight excluding hydrogens is 384 g/mol. The minimum absolute atomic E-state index is 0.137. The standard InChI is InChI=1S/C18H20N4O3S2/c1-22-17(9-13-7-8-27(23,24)12-13)19-20-18(22)26-11-15-10-16(21-25-15)14-5-3-2-4-6-14/h2-6,10,13H,7-9,11-12H2,1H3. The highest BCUT2D eigenvalue weighted by Crippen LogP contribution is 2.26. The molecule has 0 saturated carbocycles. The van der Waals surface area contributed by atoms with Crippen LogP contribution in [-0.4, -0.2) is 39.8 Å². The van der Waals surface area contributed by atoms with E-state index in [1.807, 2.05) is 48.0 Å². The smallest absolute Gasteiger partial charge is 0.191 e. The van der Waals surface area contributed by atoms with Gasteiger partial charge in [0.15, 0.2) is 15.0 Å². The molecule has 0 amide bonds. The van der Waals surface area contributed by atoms with Crippen molar-refractivity contribution in [3.63, 3.8) is 0 Å². The third-order valence-corrected chi connectivity index (χ3v) is 7.57. The maximum Gasteiger partial charge on any atom is 0.191 e. The van der Waals surface area contributed by atoms with Gasteiger partial charge in [-0.2, -0.15) is 0 Å². The highest BCUT2D eigenvalue weighted by atomic mass is 32.2. The SMILES string of the molecule is Cn1c(CC2CCS(=O)(=O)C2)nnc1SCc1cc(-c2ccccc2)no1. The largest absolute Gasteiger partial charge is 0.360 e. The van der Waals surface area contributed by atoms with Crippen LogP contribution in [0.1, 0.15) is 18.0 Å². The number of aromatic nitrogens is 4. The molecule has 7 nitrogen and oxygen atoms in total. The van der Waals surface area contributed by atoms with Gasteiger partial charge in [0.1, 0.15) is 17.3 Å². The Balaban J connectivity index is 1.38. The van der Waals surface area contributed by atoms with E-state index in [1.165, 1.54) is 11.8 Å². The molecule has 1 saturated heterocycles. The molecule has 3 aromatic rings. The van der Waals surface area contributed by atoms with Crippen LogP contribution in [0.15, 0.2) is 46.1 Å². The predicted molar refractivity (Wildman–Crippen MR) is 103 cm³/mol. The van der Waals surface area contributed by atoms with Gasteiger partial charge in [-0.25, -0.2) is 8.42 Å². The molecule has 0 N–H and O–H groups in total. The molecule has 1 atom stereocenters. The van der Waals surface area contributed by atoms with Crippen molar-refractivity contribution in [1.82, 2.24) is 19.9 Å². The van der Waals surface area contributed by atoms with E-state index in [2.05, 4.69) is 15.4 Å². The summed E-state index contributed by atoms with van der Waals surface area (Å²) < 4.78 is 30.6. The number of benzene rings is 1. The number of sulfone groups is 1. The van der Waals surface area contributed by atoms with E-state index in [-0.39, 0.29) is 17.4 Å². The summed E-state index contributed by atoms with van der Waals surface area (Å²) in [5.41, 5.74) is 1.83. The van der Waals surface area contributed by atoms with Crippen molar-refractivity contribution < 1.29 is 12.9 Å². The summed E-state index contributed by atoms with van der Waals surface area (Å²) in [6.07, 6.45) is 1.35. The van der Waals surface area contributed by atoms with Crippen LogP contribution in [0, 0.1) is 5.92 Å². The molecule has 1 aliphatic rings. The fourth-order valence-electron chi connectivity index (χ4n) is 3.20. The normalized spacial score (nSPS) is 18.8. The van der Waals surface area contributed by atoms with Crippen molar-refractivity contribution in [2.75, 3.05) is 11.5 Å². The molecule has 27 heavy (non-hydrogen) atoms. The molecule has 1 fully saturated rings. The Morgan fingerprint density at radius 2 is 2.07 bits per heavy atom. The lowest BCUT2D eigenvalue weighted by molar-refractivity contribution is 0.397. The topological polar surface area (TPSA) is 90.9 Å². The fraction of sp³-hybridized carbons (Fsp3) is 0.389. The molecule has 9 heteroatoms. The Labute approximate surface area is 162 Å². The molecular formula is C18H20N4O3S2. The molecule has 142 valence electrons. The van der Waals surface area contributed by atoms with Crippen LogP contribution >= 0.6 is 11.8 Å². The van der Waals surface area contributed by atoms with Crippen molar-refractivity contribution in [1.29, 1.82) is 0 Å². The fourth-order valence-corrected chi connectivity index (χ4v) is 5.87. The first-order valence-corrected chi connectivity index (χ1v) is 11.5. The van der Waals surface area contributed by atoms with E-state index in [9.17, 15) is 8.42 Å². The molecule has 0 spiro atoms. The van der Waals surface area contributed by atoms with Gasteiger partial charge in [-0.15, -0.1) is 10.2 Å². The van der Waals surface area contributed by atoms with Crippen LogP contribution in [0.5, 0.6) is 0 Å². The predicted octanol–water partition coefficient (Wildman–Crippen LogP) is 2.74. The maximum atomic E-state index is 11.6. The van der Waals surface area contributed by atoms with Crippen LogP contribution in [0.2, 0.25) is 0 Å². The summed E-state index contributed by atoms with van der Waals surface area (Å²) in [6, 6.07) is 11.8. The molecule has 1 aliphatic heterocycles. The van der Waals surface area contributed by atoms with E-state index in [0.29, 0.717) is 18.6 Å². The van der Waals surface area contributed by atoms with E-state index < -0.39 is 9.84 Å². The zero-order valence-corrected chi connectivity index (χ0v) is 16.5. The molecule has 2 aromatic heterocycles. The van der Waals surface area contributed by atoms with Crippen LogP contribution in [0.4, 0.5) is 0 Å². The van der Waals surface area contributed by atoms with Crippen molar-refractivity contribution >= 4 is 21.6 Å². The van der Waals surface area contributed by atoms with Crippen LogP contribution in [0.3, 0.4) is 0 Å². The molecule has 0 radical (unpaired) electrons. The third kappa shape index (κ3) is 4.24. The second-order valence-electron chi connectivity index (χ2n) is 6.76. The Kier molecular flexibility index (Phi) is 5.05. The number of hydrogen-bond donors (Lipinski definition) is 0. The lowest BCUT2D eigenvalue weighted by Crippen LogP contribution is -2.11. The lowest BCUT2D eigenvalue weighted by Gasteiger charge is -2.07. The molecule has 1 unspecified atom stereocenters. The van der Waals surface area contributed by atoms with Crippen molar-refractivity contribution in [3.05, 3.63) is 48.0 Å². The van der Waals surface area contributed by atoms with Crippen LogP contribution < -0.4 is 0 Å². The van der Waals surface area contributed by atoms with Gasteiger partial charge >= 0.3 is 0 Å². The molecule has 3 heterocycles. The van der Waals surface area contributed by atoms with E-state index >= 15 is 0 Å². The quantitative estimate of drug-likeness (QED) is 0.583. The van der Waals surface area contributed by atoms with Crippen molar-refractivity contribution in [2.24, 2.45) is 13.0 Å². The van der Waals surface area contributed by atoms with Crippen molar-refractivity contribution in [3.8, 4) is 11.3 Å². The molecule has 1 aromatic carbocycles. The first kappa shape index (κ1) is 18.2. The molecule has 0 aliphatic carbocycles. The Morgan fingerprint density at radius 1 is 1.26 bits per heavy atom. The van der Waals surface area contributed by atoms with Gasteiger partial charge in [-0.3, -0.25) is 0 Å². The number of hydrogen-bond acceptors (Lipinski definition) is 7. The maximum absolute atomic E-state index is 11.6. The summed E-state index contributed by atoms with van der Waals surface area (Å²) in [4.78, 5) is 0. The number of nitrogens with zero attached hydrogens (tertiary/aromatic N) is 4. The first-order valence-electron chi connectivity index (χ1n) is 8.73. The van der Waals surface area contributed by atoms with Gasteiger partial charge in [0.25, 0.3) is 0 Å². The van der Waals surface area contributed by atoms with Gasteiger partial charge in [0.05, 0.1) is 17.3 Å². The molecule has 4 rings (SSSR count). The minimum Gasteiger partial charge on any atom is -0.360 e. The van der Waals surface area contributed by atoms with Gasteiger partial charge in [-0.1, -0.05) is 47.3 Å². The van der Waals surface area contributed by atoms with Gasteiger partial charge in [-0.05, 0) is 12.3 Å². The van der Waals surface area contributed by atoms with Gasteiger partial charge in [0, 0.05) is 25.1 Å². The van der Waals surface area contributed by atoms with Gasteiger partial charge < -0.3 is 9.09 Å². The summed E-state index contributed by atoms with van der Waals surface area (Å²) >= 11 is 1.52. The Morgan fingerprint density at radius 3 is 2.81 bits per heavy atom. The van der Waals surface area contributed by atoms with Crippen LogP contribution in [0.25, 0.3) is 11.3 Å². The summed E-state index contributed by atoms with van der Waals surface area (Å²) in [5, 5.41) is 13.4. The number of thioether (sulfide) groups is 1. The highest BCUT2D eigenvalue weighted by molar-refractivity contribution is 7.98. The first-order chi connectivity index (χ1) is 13.0. The van der Waals surface area contributed by atoms with Crippen LogP contribution in [-0.2, 0) is 29.1 Å². The average Bonchev–Trinajstić information content (AvgIpc) is 3.35. The zero-order chi connectivity index (χ0) is 18.9. The monoisotopic (exact) mass is 404 g/mol. The van der Waals surface area contributed by atoms with Gasteiger partial charge in [0.2, 0.25) is 0 Å². The zero-order valence-electron chi connectivity index (χ0n) is 14.9. The Bertz CT molecular complexity index is 1030. The summed E-state index contributed by atoms with van der Waals surface area (Å²) in [7, 11) is -0.957. The lowest BCUT2D eigenvalue weighted by atomic mass is 10.1.